The van der Waals surface area contributed by atoms with Crippen molar-refractivity contribution in [1.82, 2.24) is 5.32 Å². The van der Waals surface area contributed by atoms with Crippen LogP contribution in [0.25, 0.3) is 0 Å². The lowest BCUT2D eigenvalue weighted by Gasteiger charge is -2.06. The summed E-state index contributed by atoms with van der Waals surface area (Å²) in [5.74, 6) is -0.221. The monoisotopic (exact) mass is 299 g/mol. The summed E-state index contributed by atoms with van der Waals surface area (Å²) in [6, 6.07) is 4.85. The second-order valence-corrected chi connectivity index (χ2v) is 5.82. The molecule has 1 N–H and O–H groups in total. The van der Waals surface area contributed by atoms with Crippen LogP contribution in [0.1, 0.15) is 63.9 Å². The van der Waals surface area contributed by atoms with E-state index in [2.05, 4.69) is 12.2 Å². The highest BCUT2D eigenvalue weighted by molar-refractivity contribution is 6.30. The van der Waals surface area contributed by atoms with Crippen LogP contribution in [0.2, 0.25) is 5.02 Å². The van der Waals surface area contributed by atoms with Crippen LogP contribution in [-0.2, 0) is 6.54 Å². The van der Waals surface area contributed by atoms with Crippen LogP contribution in [-0.4, -0.2) is 6.54 Å². The van der Waals surface area contributed by atoms with Crippen molar-refractivity contribution in [3.05, 3.63) is 34.6 Å². The fraction of sp³-hybridized carbons (Fsp3) is 0.647. The van der Waals surface area contributed by atoms with Crippen molar-refractivity contribution in [3.63, 3.8) is 0 Å². The molecule has 0 aliphatic rings. The van der Waals surface area contributed by atoms with Crippen LogP contribution in [0.15, 0.2) is 18.2 Å². The van der Waals surface area contributed by atoms with E-state index in [1.54, 1.807) is 12.1 Å². The van der Waals surface area contributed by atoms with Gasteiger partial charge >= 0.3 is 0 Å². The highest BCUT2D eigenvalue weighted by atomic mass is 35.5. The van der Waals surface area contributed by atoms with Crippen molar-refractivity contribution in [2.24, 2.45) is 0 Å². The SMILES string of the molecule is CCCCCCCCCCNCc1ccc(Cl)cc1F. The molecule has 0 heterocycles. The zero-order chi connectivity index (χ0) is 14.6. The first-order valence-corrected chi connectivity index (χ1v) is 8.26. The van der Waals surface area contributed by atoms with Gasteiger partial charge in [-0.3, -0.25) is 0 Å². The number of hydrogen-bond donors (Lipinski definition) is 1. The number of benzene rings is 1. The molecular formula is C17H27ClFN. The molecule has 0 aliphatic heterocycles. The van der Waals surface area contributed by atoms with Crippen molar-refractivity contribution in [1.29, 1.82) is 0 Å². The fourth-order valence-corrected chi connectivity index (χ4v) is 2.43. The van der Waals surface area contributed by atoms with Crippen molar-refractivity contribution in [2.75, 3.05) is 6.54 Å². The summed E-state index contributed by atoms with van der Waals surface area (Å²) in [5.41, 5.74) is 0.689. The Bertz CT molecular complexity index is 368. The molecule has 0 aliphatic carbocycles. The quantitative estimate of drug-likeness (QED) is 0.516. The molecule has 1 rings (SSSR count). The smallest absolute Gasteiger partial charge is 0.129 e. The maximum absolute atomic E-state index is 13.5. The molecule has 0 bridgehead atoms. The molecule has 1 aromatic rings. The molecule has 0 atom stereocenters. The van der Waals surface area contributed by atoms with Gasteiger partial charge in [-0.15, -0.1) is 0 Å². The third-order valence-electron chi connectivity index (χ3n) is 3.54. The van der Waals surface area contributed by atoms with Gasteiger partial charge in [0, 0.05) is 17.1 Å². The highest BCUT2D eigenvalue weighted by Gasteiger charge is 2.01. The Labute approximate surface area is 127 Å². The average molecular weight is 300 g/mol. The number of hydrogen-bond acceptors (Lipinski definition) is 1. The van der Waals surface area contributed by atoms with Gasteiger partial charge in [-0.05, 0) is 25.1 Å². The van der Waals surface area contributed by atoms with E-state index in [9.17, 15) is 4.39 Å². The molecule has 1 aromatic carbocycles. The Morgan fingerprint density at radius 1 is 1.00 bits per heavy atom. The molecular weight excluding hydrogens is 273 g/mol. The summed E-state index contributed by atoms with van der Waals surface area (Å²) in [6.07, 6.45) is 10.5. The Morgan fingerprint density at radius 3 is 2.30 bits per heavy atom. The number of nitrogens with one attached hydrogen (secondary N) is 1. The van der Waals surface area contributed by atoms with Crippen LogP contribution in [0, 0.1) is 5.82 Å². The van der Waals surface area contributed by atoms with Crippen LogP contribution in [0.5, 0.6) is 0 Å². The molecule has 0 saturated heterocycles. The lowest BCUT2D eigenvalue weighted by atomic mass is 10.1. The molecule has 0 saturated carbocycles. The summed E-state index contributed by atoms with van der Waals surface area (Å²) in [5, 5.41) is 3.74. The minimum atomic E-state index is -0.221. The zero-order valence-corrected chi connectivity index (χ0v) is 13.3. The second kappa shape index (κ2) is 11.1. The summed E-state index contributed by atoms with van der Waals surface area (Å²) in [4.78, 5) is 0. The van der Waals surface area contributed by atoms with Gasteiger partial charge < -0.3 is 5.32 Å². The van der Waals surface area contributed by atoms with Gasteiger partial charge in [0.1, 0.15) is 5.82 Å². The molecule has 114 valence electrons. The second-order valence-electron chi connectivity index (χ2n) is 5.39. The summed E-state index contributed by atoms with van der Waals surface area (Å²) < 4.78 is 13.5. The van der Waals surface area contributed by atoms with Gasteiger partial charge in [-0.25, -0.2) is 4.39 Å². The molecule has 0 radical (unpaired) electrons. The van der Waals surface area contributed by atoms with Gasteiger partial charge in [0.15, 0.2) is 0 Å². The lowest BCUT2D eigenvalue weighted by molar-refractivity contribution is 0.546. The van der Waals surface area contributed by atoms with E-state index in [1.165, 1.54) is 57.4 Å². The highest BCUT2D eigenvalue weighted by Crippen LogP contribution is 2.14. The number of rotatable bonds is 11. The summed E-state index contributed by atoms with van der Waals surface area (Å²) in [6.45, 7) is 3.78. The Hall–Kier alpha value is -0.600. The Morgan fingerprint density at radius 2 is 1.65 bits per heavy atom. The van der Waals surface area contributed by atoms with Gasteiger partial charge in [0.2, 0.25) is 0 Å². The topological polar surface area (TPSA) is 12.0 Å². The minimum absolute atomic E-state index is 0.221. The van der Waals surface area contributed by atoms with E-state index in [4.69, 9.17) is 11.6 Å². The van der Waals surface area contributed by atoms with Gasteiger partial charge in [0.05, 0.1) is 0 Å². The predicted molar refractivity (Wildman–Crippen MR) is 85.7 cm³/mol. The molecule has 0 spiro atoms. The first-order chi connectivity index (χ1) is 9.74. The van der Waals surface area contributed by atoms with E-state index < -0.39 is 0 Å². The largest absolute Gasteiger partial charge is 0.313 e. The van der Waals surface area contributed by atoms with E-state index in [0.717, 1.165) is 6.54 Å². The summed E-state index contributed by atoms with van der Waals surface area (Å²) >= 11 is 5.72. The minimum Gasteiger partial charge on any atom is -0.313 e. The van der Waals surface area contributed by atoms with Crippen molar-refractivity contribution in [2.45, 2.75) is 64.8 Å². The van der Waals surface area contributed by atoms with E-state index in [1.807, 2.05) is 0 Å². The van der Waals surface area contributed by atoms with Crippen molar-refractivity contribution < 1.29 is 4.39 Å². The average Bonchev–Trinajstić information content (AvgIpc) is 2.43. The zero-order valence-electron chi connectivity index (χ0n) is 12.6. The molecule has 0 amide bonds. The predicted octanol–water partition coefficient (Wildman–Crippen LogP) is 5.71. The van der Waals surface area contributed by atoms with Gasteiger partial charge in [0.25, 0.3) is 0 Å². The third kappa shape index (κ3) is 7.86. The van der Waals surface area contributed by atoms with Gasteiger partial charge in [-0.2, -0.15) is 0 Å². The Balaban J connectivity index is 1.97. The van der Waals surface area contributed by atoms with Crippen LogP contribution in [0.3, 0.4) is 0 Å². The molecule has 1 nitrogen and oxygen atoms in total. The number of unbranched alkanes of at least 4 members (excludes halogenated alkanes) is 7. The molecule has 0 aromatic heterocycles. The Kier molecular flexibility index (Phi) is 9.69. The standard InChI is InChI=1S/C17H27ClFN/c1-2-3-4-5-6-7-8-9-12-20-14-15-10-11-16(18)13-17(15)19/h10-11,13,20H,2-9,12,14H2,1H3. The van der Waals surface area contributed by atoms with E-state index in [0.29, 0.717) is 17.1 Å². The molecule has 20 heavy (non-hydrogen) atoms. The summed E-state index contributed by atoms with van der Waals surface area (Å²) in [7, 11) is 0. The van der Waals surface area contributed by atoms with E-state index >= 15 is 0 Å². The van der Waals surface area contributed by atoms with Crippen molar-refractivity contribution >= 4 is 11.6 Å². The fourth-order valence-electron chi connectivity index (χ4n) is 2.27. The van der Waals surface area contributed by atoms with Gasteiger partial charge in [-0.1, -0.05) is 69.5 Å². The maximum atomic E-state index is 13.5. The molecule has 3 heteroatoms. The van der Waals surface area contributed by atoms with Crippen molar-refractivity contribution in [3.8, 4) is 0 Å². The number of halogens is 2. The lowest BCUT2D eigenvalue weighted by Crippen LogP contribution is -2.15. The van der Waals surface area contributed by atoms with E-state index in [-0.39, 0.29) is 5.82 Å². The normalized spacial score (nSPS) is 10.9. The van der Waals surface area contributed by atoms with Crippen LogP contribution in [0.4, 0.5) is 4.39 Å². The van der Waals surface area contributed by atoms with Crippen LogP contribution < -0.4 is 5.32 Å². The first-order valence-electron chi connectivity index (χ1n) is 7.88. The molecule has 0 unspecified atom stereocenters. The third-order valence-corrected chi connectivity index (χ3v) is 3.77. The maximum Gasteiger partial charge on any atom is 0.129 e. The first kappa shape index (κ1) is 17.5. The molecule has 0 fully saturated rings. The van der Waals surface area contributed by atoms with Crippen LogP contribution >= 0.6 is 11.6 Å².